The second kappa shape index (κ2) is 6.58. The molecule has 3 aromatic heterocycles. The normalized spacial score (nSPS) is 10.8. The van der Waals surface area contributed by atoms with Gasteiger partial charge in [0, 0.05) is 22.0 Å². The number of carbonyl (C=O) groups is 1. The molecule has 0 bridgehead atoms. The van der Waals surface area contributed by atoms with Crippen molar-refractivity contribution in [3.05, 3.63) is 59.2 Å². The highest BCUT2D eigenvalue weighted by Crippen LogP contribution is 2.38. The van der Waals surface area contributed by atoms with Gasteiger partial charge >= 0.3 is 0 Å². The first-order valence-corrected chi connectivity index (χ1v) is 9.06. The van der Waals surface area contributed by atoms with Crippen molar-refractivity contribution in [2.75, 3.05) is 5.32 Å². The first kappa shape index (κ1) is 15.7. The van der Waals surface area contributed by atoms with Gasteiger partial charge in [0.05, 0.1) is 11.1 Å². The third-order valence-electron chi connectivity index (χ3n) is 3.60. The second-order valence-corrected chi connectivity index (χ2v) is 6.98. The van der Waals surface area contributed by atoms with Crippen molar-refractivity contribution in [3.8, 4) is 21.1 Å². The lowest BCUT2D eigenvalue weighted by Crippen LogP contribution is -2.12. The van der Waals surface area contributed by atoms with Gasteiger partial charge in [0.1, 0.15) is 0 Å². The molecule has 0 aliphatic heterocycles. The molecule has 0 radical (unpaired) electrons. The van der Waals surface area contributed by atoms with Crippen LogP contribution in [0, 0.1) is 6.92 Å². The van der Waals surface area contributed by atoms with Crippen LogP contribution < -0.4 is 5.32 Å². The molecule has 0 unspecified atom stereocenters. The Hall–Kier alpha value is -2.84. The van der Waals surface area contributed by atoms with Crippen molar-refractivity contribution in [3.63, 3.8) is 0 Å². The summed E-state index contributed by atoms with van der Waals surface area (Å²) in [5.74, 6) is 0.501. The monoisotopic (exact) mass is 368 g/mol. The van der Waals surface area contributed by atoms with E-state index < -0.39 is 0 Å². The number of nitrogens with zero attached hydrogens (tertiary/aromatic N) is 3. The van der Waals surface area contributed by atoms with Crippen LogP contribution in [0.3, 0.4) is 0 Å². The van der Waals surface area contributed by atoms with Crippen LogP contribution >= 0.6 is 22.9 Å². The van der Waals surface area contributed by atoms with Gasteiger partial charge in [-0.05, 0) is 47.8 Å². The molecule has 0 saturated carbocycles. The molecular weight excluding hydrogens is 356 g/mol. The number of aryl methyl sites for hydroxylation is 1. The van der Waals surface area contributed by atoms with E-state index in [9.17, 15) is 4.79 Å². The van der Waals surface area contributed by atoms with Crippen LogP contribution in [0.5, 0.6) is 0 Å². The molecule has 1 N–H and O–H groups in total. The third kappa shape index (κ3) is 3.21. The van der Waals surface area contributed by atoms with Crippen LogP contribution in [0.4, 0.5) is 5.69 Å². The van der Waals surface area contributed by atoms with Crippen LogP contribution in [0.2, 0.25) is 0 Å². The lowest BCUT2D eigenvalue weighted by atomic mass is 10.1. The zero-order valence-electron chi connectivity index (χ0n) is 13.1. The van der Waals surface area contributed by atoms with Crippen molar-refractivity contribution in [2.45, 2.75) is 6.92 Å². The molecule has 0 aliphatic rings. The Kier molecular flexibility index (Phi) is 4.12. The van der Waals surface area contributed by atoms with E-state index in [1.807, 2.05) is 30.3 Å². The number of benzene rings is 1. The van der Waals surface area contributed by atoms with E-state index >= 15 is 0 Å². The first-order valence-electron chi connectivity index (χ1n) is 7.41. The van der Waals surface area contributed by atoms with Gasteiger partial charge in [0.15, 0.2) is 11.5 Å². The second-order valence-electron chi connectivity index (χ2n) is 5.32. The molecule has 6 nitrogen and oxygen atoms in total. The molecule has 1 amide bonds. The number of hydrogen-bond donors (Lipinski definition) is 1. The van der Waals surface area contributed by atoms with Crippen molar-refractivity contribution < 1.29 is 9.32 Å². The molecule has 1 aromatic carbocycles. The summed E-state index contributed by atoms with van der Waals surface area (Å²) < 4.78 is 8.92. The minimum Gasteiger partial charge on any atom is -0.355 e. The number of amides is 1. The summed E-state index contributed by atoms with van der Waals surface area (Å²) in [6.07, 6.45) is 1.64. The van der Waals surface area contributed by atoms with E-state index in [-0.39, 0.29) is 5.91 Å². The Labute approximate surface area is 151 Å². The van der Waals surface area contributed by atoms with E-state index in [4.69, 9.17) is 4.52 Å². The number of rotatable bonds is 4. The Morgan fingerprint density at radius 3 is 2.72 bits per heavy atom. The zero-order chi connectivity index (χ0) is 17.2. The largest absolute Gasteiger partial charge is 0.355 e. The number of thiophene rings is 1. The van der Waals surface area contributed by atoms with Crippen LogP contribution in [0.25, 0.3) is 21.1 Å². The van der Waals surface area contributed by atoms with Crippen LogP contribution in [0.1, 0.15) is 16.1 Å². The van der Waals surface area contributed by atoms with E-state index in [0.717, 1.165) is 32.6 Å². The van der Waals surface area contributed by atoms with Gasteiger partial charge in [-0.15, -0.1) is 16.4 Å². The number of aromatic nitrogens is 3. The maximum atomic E-state index is 12.0. The molecule has 25 heavy (non-hydrogen) atoms. The minimum absolute atomic E-state index is 0.263. The number of hydrogen-bond acceptors (Lipinski definition) is 7. The molecule has 124 valence electrons. The average molecular weight is 368 g/mol. The molecular formula is C17H12N4O2S2. The average Bonchev–Trinajstić information content (AvgIpc) is 3.37. The smallest absolute Gasteiger partial charge is 0.277 e. The number of nitrogens with one attached hydrogen (secondary N) is 1. The molecule has 4 aromatic rings. The number of anilines is 1. The molecule has 0 spiro atoms. The Bertz CT molecular complexity index is 990. The standard InChI is InChI=1S/C17H12N4O2S2/c1-10-8-15(14-6-7-18-23-14)25-16(10)11-2-4-12(5-3-11)19-17(22)13-9-24-21-20-13/h2-9H,1H3,(H,19,22). The highest BCUT2D eigenvalue weighted by atomic mass is 32.1. The summed E-state index contributed by atoms with van der Waals surface area (Å²) in [6, 6.07) is 11.7. The Morgan fingerprint density at radius 1 is 1.20 bits per heavy atom. The van der Waals surface area contributed by atoms with Gasteiger partial charge in [-0.3, -0.25) is 4.79 Å². The molecule has 0 aliphatic carbocycles. The van der Waals surface area contributed by atoms with E-state index in [1.54, 1.807) is 22.9 Å². The van der Waals surface area contributed by atoms with Crippen LogP contribution in [-0.2, 0) is 0 Å². The molecule has 4 rings (SSSR count). The summed E-state index contributed by atoms with van der Waals surface area (Å²) in [7, 11) is 0. The van der Waals surface area contributed by atoms with Gasteiger partial charge in [-0.1, -0.05) is 21.8 Å². The van der Waals surface area contributed by atoms with Gasteiger partial charge in [-0.25, -0.2) is 0 Å². The van der Waals surface area contributed by atoms with Gasteiger partial charge < -0.3 is 9.84 Å². The maximum Gasteiger partial charge on any atom is 0.277 e. The summed E-state index contributed by atoms with van der Waals surface area (Å²) in [5, 5.41) is 11.9. The predicted molar refractivity (Wildman–Crippen MR) is 97.9 cm³/mol. The van der Waals surface area contributed by atoms with Gasteiger partial charge in [0.2, 0.25) is 0 Å². The SMILES string of the molecule is Cc1cc(-c2ccno2)sc1-c1ccc(NC(=O)c2csnn2)cc1. The fourth-order valence-electron chi connectivity index (χ4n) is 2.40. The quantitative estimate of drug-likeness (QED) is 0.574. The molecule has 0 atom stereocenters. The fraction of sp³-hybridized carbons (Fsp3) is 0.0588. The van der Waals surface area contributed by atoms with Crippen LogP contribution in [-0.4, -0.2) is 20.7 Å². The summed E-state index contributed by atoms with van der Waals surface area (Å²) in [6.45, 7) is 2.07. The topological polar surface area (TPSA) is 80.9 Å². The zero-order valence-corrected chi connectivity index (χ0v) is 14.7. The van der Waals surface area contributed by atoms with Crippen molar-refractivity contribution in [1.29, 1.82) is 0 Å². The Balaban J connectivity index is 1.55. The summed E-state index contributed by atoms with van der Waals surface area (Å²) in [4.78, 5) is 14.2. The molecule has 8 heteroatoms. The highest BCUT2D eigenvalue weighted by molar-refractivity contribution is 7.19. The van der Waals surface area contributed by atoms with Crippen molar-refractivity contribution in [2.24, 2.45) is 0 Å². The maximum absolute atomic E-state index is 12.0. The first-order chi connectivity index (χ1) is 12.2. The van der Waals surface area contributed by atoms with Gasteiger partial charge in [-0.2, -0.15) is 0 Å². The summed E-state index contributed by atoms with van der Waals surface area (Å²) >= 11 is 2.80. The predicted octanol–water partition coefficient (Wildman–Crippen LogP) is 4.48. The Morgan fingerprint density at radius 2 is 2.04 bits per heavy atom. The fourth-order valence-corrected chi connectivity index (χ4v) is 3.97. The van der Waals surface area contributed by atoms with E-state index in [0.29, 0.717) is 11.4 Å². The van der Waals surface area contributed by atoms with E-state index in [2.05, 4.69) is 33.1 Å². The van der Waals surface area contributed by atoms with Crippen molar-refractivity contribution >= 4 is 34.5 Å². The minimum atomic E-state index is -0.263. The highest BCUT2D eigenvalue weighted by Gasteiger charge is 2.13. The van der Waals surface area contributed by atoms with E-state index in [1.165, 1.54) is 5.56 Å². The van der Waals surface area contributed by atoms with Crippen molar-refractivity contribution in [1.82, 2.24) is 14.7 Å². The molecule has 0 saturated heterocycles. The lowest BCUT2D eigenvalue weighted by molar-refractivity contribution is 0.102. The molecule has 3 heterocycles. The number of carbonyl (C=O) groups excluding carboxylic acids is 1. The lowest BCUT2D eigenvalue weighted by Gasteiger charge is -2.05. The molecule has 0 fully saturated rings. The van der Waals surface area contributed by atoms with Crippen LogP contribution in [0.15, 0.2) is 52.5 Å². The van der Waals surface area contributed by atoms with Gasteiger partial charge in [0.25, 0.3) is 5.91 Å². The summed E-state index contributed by atoms with van der Waals surface area (Å²) in [5.41, 5.74) is 3.29. The third-order valence-corrected chi connectivity index (χ3v) is 5.40.